The van der Waals surface area contributed by atoms with Crippen LogP contribution in [0.5, 0.6) is 0 Å². The van der Waals surface area contributed by atoms with Crippen LogP contribution in [0.4, 0.5) is 0 Å². The Morgan fingerprint density at radius 3 is 1.64 bits per heavy atom. The fourth-order valence-electron chi connectivity index (χ4n) is 0.588. The number of rotatable bonds is 0. The molecular formula is C10H17Re-. The Morgan fingerprint density at radius 1 is 1.00 bits per heavy atom. The first-order valence-corrected chi connectivity index (χ1v) is 2.67. The van der Waals surface area contributed by atoms with Gasteiger partial charge in [0.2, 0.25) is 0 Å². The van der Waals surface area contributed by atoms with Gasteiger partial charge in [-0.25, -0.2) is 0 Å². The summed E-state index contributed by atoms with van der Waals surface area (Å²) in [6.45, 7) is 5.83. The number of hydrogen-bond donors (Lipinski definition) is 0. The Balaban J connectivity index is -0.000000213. The second kappa shape index (κ2) is 7.85. The van der Waals surface area contributed by atoms with Gasteiger partial charge in [0.1, 0.15) is 0 Å². The van der Waals surface area contributed by atoms with Crippen molar-refractivity contribution in [2.24, 2.45) is 0 Å². The van der Waals surface area contributed by atoms with Crippen LogP contribution < -0.4 is 0 Å². The van der Waals surface area contributed by atoms with E-state index in [1.807, 2.05) is 12.1 Å². The van der Waals surface area contributed by atoms with Gasteiger partial charge in [0.05, 0.1) is 0 Å². The number of benzene rings is 1. The van der Waals surface area contributed by atoms with Crippen molar-refractivity contribution in [1.29, 1.82) is 0 Å². The molecule has 0 aliphatic heterocycles. The van der Waals surface area contributed by atoms with E-state index >= 15 is 0 Å². The van der Waals surface area contributed by atoms with Crippen LogP contribution in [0.2, 0.25) is 0 Å². The molecule has 0 amide bonds. The molecule has 0 fully saturated rings. The second-order valence-electron chi connectivity index (χ2n) is 1.99. The predicted molar refractivity (Wildman–Crippen MR) is 49.1 cm³/mol. The van der Waals surface area contributed by atoms with Gasteiger partial charge < -0.3 is 0 Å². The van der Waals surface area contributed by atoms with E-state index in [1.54, 1.807) is 0 Å². The molecule has 11 heavy (non-hydrogen) atoms. The maximum absolute atomic E-state index is 3.76. The average Bonchev–Trinajstić information content (AvgIpc) is 1.77. The molecule has 0 heterocycles. The smallest absolute Gasteiger partial charge is 0 e. The summed E-state index contributed by atoms with van der Waals surface area (Å²) in [4.78, 5) is 0. The largest absolute Gasteiger partial charge is 0.199 e. The molecule has 0 N–H and O–H groups in total. The van der Waals surface area contributed by atoms with Crippen molar-refractivity contribution >= 4 is 0 Å². The van der Waals surface area contributed by atoms with Crippen molar-refractivity contribution in [3.8, 4) is 0 Å². The zero-order chi connectivity index (χ0) is 5.98. The second-order valence-corrected chi connectivity index (χ2v) is 1.99. The third-order valence-corrected chi connectivity index (χ3v) is 1.12. The SMILES string of the molecule is C.C.[CH2-]c1ccc(C)cc1.[Re]. The van der Waals surface area contributed by atoms with Gasteiger partial charge in [-0.1, -0.05) is 20.4 Å². The molecule has 1 aromatic rings. The Kier molecular flexibility index (Phi) is 12.2. The minimum atomic E-state index is 0. The van der Waals surface area contributed by atoms with E-state index in [-0.39, 0.29) is 35.3 Å². The first-order chi connectivity index (χ1) is 3.79. The summed E-state index contributed by atoms with van der Waals surface area (Å²) < 4.78 is 0. The Labute approximate surface area is 84.7 Å². The minimum absolute atomic E-state index is 0. The van der Waals surface area contributed by atoms with Crippen molar-refractivity contribution < 1.29 is 20.4 Å². The summed E-state index contributed by atoms with van der Waals surface area (Å²) in [6.07, 6.45) is 0. The molecule has 1 radical (unpaired) electrons. The predicted octanol–water partition coefficient (Wildman–Crippen LogP) is 3.45. The van der Waals surface area contributed by atoms with E-state index in [4.69, 9.17) is 0 Å². The van der Waals surface area contributed by atoms with E-state index in [0.717, 1.165) is 5.56 Å². The maximum Gasteiger partial charge on any atom is 0 e. The molecular weight excluding hydrogens is 306 g/mol. The zero-order valence-electron chi connectivity index (χ0n) is 5.39. The van der Waals surface area contributed by atoms with Crippen molar-refractivity contribution in [2.45, 2.75) is 21.8 Å². The molecule has 0 saturated heterocycles. The van der Waals surface area contributed by atoms with Crippen molar-refractivity contribution in [3.63, 3.8) is 0 Å². The zero-order valence-corrected chi connectivity index (χ0v) is 8.11. The monoisotopic (exact) mass is 324 g/mol. The van der Waals surface area contributed by atoms with Crippen molar-refractivity contribution in [1.82, 2.24) is 0 Å². The normalized spacial score (nSPS) is 6.64. The van der Waals surface area contributed by atoms with Crippen LogP contribution in [0.3, 0.4) is 0 Å². The first kappa shape index (κ1) is 17.0. The molecule has 0 aliphatic rings. The van der Waals surface area contributed by atoms with Gasteiger partial charge in [-0.05, 0) is 6.92 Å². The Bertz CT molecular complexity index is 144. The van der Waals surface area contributed by atoms with Gasteiger partial charge in [0.15, 0.2) is 0 Å². The molecule has 0 atom stereocenters. The van der Waals surface area contributed by atoms with Crippen LogP contribution in [0, 0.1) is 13.8 Å². The summed E-state index contributed by atoms with van der Waals surface area (Å²) in [5.41, 5.74) is 2.37. The van der Waals surface area contributed by atoms with E-state index in [1.165, 1.54) is 5.56 Å². The van der Waals surface area contributed by atoms with E-state index < -0.39 is 0 Å². The topological polar surface area (TPSA) is 0 Å². The van der Waals surface area contributed by atoms with Gasteiger partial charge in [-0.3, -0.25) is 0 Å². The van der Waals surface area contributed by atoms with Crippen molar-refractivity contribution in [2.75, 3.05) is 0 Å². The molecule has 0 bridgehead atoms. The van der Waals surface area contributed by atoms with E-state index in [2.05, 4.69) is 26.0 Å². The van der Waals surface area contributed by atoms with Crippen LogP contribution in [0.15, 0.2) is 24.3 Å². The molecule has 1 aromatic carbocycles. The fourth-order valence-corrected chi connectivity index (χ4v) is 0.588. The maximum atomic E-state index is 3.76. The van der Waals surface area contributed by atoms with Gasteiger partial charge >= 0.3 is 0 Å². The van der Waals surface area contributed by atoms with Crippen molar-refractivity contribution in [3.05, 3.63) is 42.3 Å². The van der Waals surface area contributed by atoms with Crippen LogP contribution in [-0.4, -0.2) is 0 Å². The molecule has 0 aromatic heterocycles. The molecule has 1 heteroatoms. The molecule has 0 spiro atoms. The minimum Gasteiger partial charge on any atom is -0.199 e. The molecule has 0 unspecified atom stereocenters. The van der Waals surface area contributed by atoms with Crippen LogP contribution in [0.1, 0.15) is 26.0 Å². The van der Waals surface area contributed by atoms with Gasteiger partial charge in [0.25, 0.3) is 0 Å². The summed E-state index contributed by atoms with van der Waals surface area (Å²) >= 11 is 0. The summed E-state index contributed by atoms with van der Waals surface area (Å²) in [7, 11) is 0. The summed E-state index contributed by atoms with van der Waals surface area (Å²) in [6, 6.07) is 8.13. The fraction of sp³-hybridized carbons (Fsp3) is 0.300. The quantitative estimate of drug-likeness (QED) is 0.642. The third kappa shape index (κ3) is 6.16. The molecule has 65 valence electrons. The molecule has 0 nitrogen and oxygen atoms in total. The first-order valence-electron chi connectivity index (χ1n) is 2.67. The van der Waals surface area contributed by atoms with E-state index in [9.17, 15) is 0 Å². The van der Waals surface area contributed by atoms with E-state index in [0.29, 0.717) is 0 Å². The number of aryl methyl sites for hydroxylation is 1. The summed E-state index contributed by atoms with van der Waals surface area (Å²) in [5, 5.41) is 0. The van der Waals surface area contributed by atoms with Gasteiger partial charge in [-0.2, -0.15) is 24.6 Å². The van der Waals surface area contributed by atoms with Crippen LogP contribution in [0.25, 0.3) is 0 Å². The number of hydrogen-bond acceptors (Lipinski definition) is 0. The molecule has 0 saturated carbocycles. The van der Waals surface area contributed by atoms with Crippen LogP contribution in [-0.2, 0) is 20.4 Å². The Morgan fingerprint density at radius 2 is 1.36 bits per heavy atom. The standard InChI is InChI=1S/C8H9.2CH4.Re/c1-7-3-5-8(2)6-4-7;;;/h3-6H,1H2,2H3;2*1H4;/q-1;;;. The summed E-state index contributed by atoms with van der Waals surface area (Å²) in [5.74, 6) is 0. The third-order valence-electron chi connectivity index (χ3n) is 1.12. The molecule has 1 rings (SSSR count). The molecule has 0 aliphatic carbocycles. The van der Waals surface area contributed by atoms with Crippen LogP contribution >= 0.6 is 0 Å². The van der Waals surface area contributed by atoms with Gasteiger partial charge in [-0.15, -0.1) is 12.1 Å². The Hall–Kier alpha value is -0.248. The van der Waals surface area contributed by atoms with Gasteiger partial charge in [0, 0.05) is 20.4 Å². The average molecular weight is 323 g/mol.